The molecule has 0 spiro atoms. The number of aliphatic hydroxyl groups is 1. The molecular weight excluding hydrogens is 248 g/mol. The quantitative estimate of drug-likeness (QED) is 0.638. The van der Waals surface area contributed by atoms with Crippen LogP contribution < -0.4 is 5.32 Å². The van der Waals surface area contributed by atoms with Crippen LogP contribution in [0.3, 0.4) is 0 Å². The van der Waals surface area contributed by atoms with Crippen LogP contribution in [0.4, 0.5) is 0 Å². The number of hydrogen-bond donors (Lipinski definition) is 2. The Kier molecular flexibility index (Phi) is 8.74. The molecule has 0 aliphatic heterocycles. The van der Waals surface area contributed by atoms with Gasteiger partial charge in [0.1, 0.15) is 0 Å². The monoisotopic (exact) mass is 284 g/mol. The van der Waals surface area contributed by atoms with Gasteiger partial charge < -0.3 is 15.3 Å². The molecule has 1 fully saturated rings. The van der Waals surface area contributed by atoms with Crippen molar-refractivity contribution in [1.29, 1.82) is 0 Å². The molecule has 3 nitrogen and oxygen atoms in total. The number of nitrogens with one attached hydrogen (secondary N) is 1. The second-order valence-electron chi connectivity index (χ2n) is 6.88. The Morgan fingerprint density at radius 2 is 1.85 bits per heavy atom. The molecule has 1 saturated carbocycles. The van der Waals surface area contributed by atoms with E-state index in [1.807, 2.05) is 0 Å². The van der Waals surface area contributed by atoms with Gasteiger partial charge in [-0.15, -0.1) is 0 Å². The van der Waals surface area contributed by atoms with Crippen LogP contribution >= 0.6 is 0 Å². The summed E-state index contributed by atoms with van der Waals surface area (Å²) in [5, 5.41) is 13.1. The number of nitrogens with zero attached hydrogens (tertiary/aromatic N) is 1. The van der Waals surface area contributed by atoms with Gasteiger partial charge in [0.25, 0.3) is 0 Å². The van der Waals surface area contributed by atoms with E-state index >= 15 is 0 Å². The summed E-state index contributed by atoms with van der Waals surface area (Å²) in [6.07, 6.45) is 11.8. The summed E-state index contributed by atoms with van der Waals surface area (Å²) in [6.45, 7) is 6.71. The van der Waals surface area contributed by atoms with Crippen molar-refractivity contribution in [3.8, 4) is 0 Å². The van der Waals surface area contributed by atoms with Crippen LogP contribution in [-0.4, -0.2) is 48.3 Å². The highest BCUT2D eigenvalue weighted by Gasteiger charge is 2.23. The molecular formula is C17H36N2O. The van der Waals surface area contributed by atoms with Crippen LogP contribution in [0, 0.1) is 0 Å². The summed E-state index contributed by atoms with van der Waals surface area (Å²) in [4.78, 5) is 2.56. The van der Waals surface area contributed by atoms with Crippen molar-refractivity contribution in [3.05, 3.63) is 0 Å². The highest BCUT2D eigenvalue weighted by molar-refractivity contribution is 4.82. The first kappa shape index (κ1) is 17.9. The van der Waals surface area contributed by atoms with E-state index in [-0.39, 0.29) is 12.1 Å². The Morgan fingerprint density at radius 1 is 1.20 bits per heavy atom. The van der Waals surface area contributed by atoms with Crippen molar-refractivity contribution >= 4 is 0 Å². The minimum absolute atomic E-state index is 0.0969. The van der Waals surface area contributed by atoms with Crippen molar-refractivity contribution in [1.82, 2.24) is 10.2 Å². The fourth-order valence-electron chi connectivity index (χ4n) is 3.25. The Balaban J connectivity index is 2.26. The van der Waals surface area contributed by atoms with E-state index in [2.05, 4.69) is 31.1 Å². The summed E-state index contributed by atoms with van der Waals surface area (Å²) in [5.41, 5.74) is -0.0969. The van der Waals surface area contributed by atoms with Crippen LogP contribution in [-0.2, 0) is 0 Å². The summed E-state index contributed by atoms with van der Waals surface area (Å²) in [5.74, 6) is 0. The average molecular weight is 284 g/mol. The molecule has 0 aromatic rings. The van der Waals surface area contributed by atoms with Crippen LogP contribution in [0.2, 0.25) is 0 Å². The van der Waals surface area contributed by atoms with Gasteiger partial charge in [0.15, 0.2) is 0 Å². The predicted octanol–water partition coefficient (Wildman–Crippen LogP) is 3.17. The topological polar surface area (TPSA) is 35.5 Å². The molecule has 0 aromatic carbocycles. The Bertz CT molecular complexity index is 239. The lowest BCUT2D eigenvalue weighted by Crippen LogP contribution is -2.46. The Morgan fingerprint density at radius 3 is 2.40 bits per heavy atom. The van der Waals surface area contributed by atoms with Crippen molar-refractivity contribution in [3.63, 3.8) is 0 Å². The molecule has 0 bridgehead atoms. The Hall–Kier alpha value is -0.120. The third-order valence-electron chi connectivity index (χ3n) is 4.84. The maximum atomic E-state index is 9.59. The average Bonchev–Trinajstić information content (AvgIpc) is 2.74. The van der Waals surface area contributed by atoms with Gasteiger partial charge in [0.05, 0.1) is 6.61 Å². The molecule has 1 atom stereocenters. The standard InChI is InChI=1S/C17H36N2O/c1-4-13-18-17(2,15-20)12-9-14-19(3)16-10-7-5-6-8-11-16/h16,18,20H,4-15H2,1-3H3. The molecule has 120 valence electrons. The lowest BCUT2D eigenvalue weighted by Gasteiger charge is -2.31. The van der Waals surface area contributed by atoms with E-state index in [1.165, 1.54) is 44.9 Å². The molecule has 1 unspecified atom stereocenters. The van der Waals surface area contributed by atoms with Gasteiger partial charge >= 0.3 is 0 Å². The van der Waals surface area contributed by atoms with Gasteiger partial charge in [-0.3, -0.25) is 0 Å². The van der Waals surface area contributed by atoms with E-state index in [4.69, 9.17) is 0 Å². The predicted molar refractivity (Wildman–Crippen MR) is 87.1 cm³/mol. The normalized spacial score (nSPS) is 20.9. The summed E-state index contributed by atoms with van der Waals surface area (Å²) in [7, 11) is 2.28. The molecule has 0 amide bonds. The molecule has 3 heteroatoms. The van der Waals surface area contributed by atoms with Crippen molar-refractivity contribution < 1.29 is 5.11 Å². The molecule has 1 aliphatic carbocycles. The molecule has 1 aliphatic rings. The first-order chi connectivity index (χ1) is 9.61. The van der Waals surface area contributed by atoms with Gasteiger partial charge in [-0.05, 0) is 59.2 Å². The zero-order valence-corrected chi connectivity index (χ0v) is 14.0. The van der Waals surface area contributed by atoms with Gasteiger partial charge in [0, 0.05) is 11.6 Å². The molecule has 0 saturated heterocycles. The Labute approximate surface area is 126 Å². The summed E-state index contributed by atoms with van der Waals surface area (Å²) in [6, 6.07) is 0.793. The number of rotatable bonds is 9. The maximum Gasteiger partial charge on any atom is 0.0610 e. The molecule has 2 N–H and O–H groups in total. The zero-order valence-electron chi connectivity index (χ0n) is 14.0. The van der Waals surface area contributed by atoms with Crippen LogP contribution in [0.15, 0.2) is 0 Å². The summed E-state index contributed by atoms with van der Waals surface area (Å²) < 4.78 is 0. The van der Waals surface area contributed by atoms with Crippen molar-refractivity contribution in [2.75, 3.05) is 26.7 Å². The number of aliphatic hydroxyl groups excluding tert-OH is 1. The van der Waals surface area contributed by atoms with Crippen LogP contribution in [0.5, 0.6) is 0 Å². The third kappa shape index (κ3) is 6.55. The van der Waals surface area contributed by atoms with E-state index in [0.29, 0.717) is 0 Å². The lowest BCUT2D eigenvalue weighted by atomic mass is 9.96. The molecule has 0 heterocycles. The lowest BCUT2D eigenvalue weighted by molar-refractivity contribution is 0.151. The molecule has 0 radical (unpaired) electrons. The highest BCUT2D eigenvalue weighted by Crippen LogP contribution is 2.22. The minimum Gasteiger partial charge on any atom is -0.394 e. The maximum absolute atomic E-state index is 9.59. The van der Waals surface area contributed by atoms with E-state index in [9.17, 15) is 5.11 Å². The van der Waals surface area contributed by atoms with E-state index < -0.39 is 0 Å². The zero-order chi connectivity index (χ0) is 14.8. The highest BCUT2D eigenvalue weighted by atomic mass is 16.3. The molecule has 0 aromatic heterocycles. The first-order valence-electron chi connectivity index (χ1n) is 8.67. The van der Waals surface area contributed by atoms with Gasteiger partial charge in [-0.1, -0.05) is 32.6 Å². The first-order valence-corrected chi connectivity index (χ1v) is 8.67. The summed E-state index contributed by atoms with van der Waals surface area (Å²) >= 11 is 0. The number of hydrogen-bond acceptors (Lipinski definition) is 3. The smallest absolute Gasteiger partial charge is 0.0610 e. The van der Waals surface area contributed by atoms with Crippen LogP contribution in [0.25, 0.3) is 0 Å². The third-order valence-corrected chi connectivity index (χ3v) is 4.84. The largest absolute Gasteiger partial charge is 0.394 e. The van der Waals surface area contributed by atoms with Crippen LogP contribution in [0.1, 0.15) is 71.6 Å². The van der Waals surface area contributed by atoms with Crippen molar-refractivity contribution in [2.45, 2.75) is 83.2 Å². The SMILES string of the molecule is CCCNC(C)(CO)CCCN(C)C1CCCCCC1. The second kappa shape index (κ2) is 9.75. The molecule has 20 heavy (non-hydrogen) atoms. The van der Waals surface area contributed by atoms with E-state index in [0.717, 1.165) is 32.0 Å². The fraction of sp³-hybridized carbons (Fsp3) is 1.00. The van der Waals surface area contributed by atoms with Gasteiger partial charge in [-0.25, -0.2) is 0 Å². The minimum atomic E-state index is -0.0969. The van der Waals surface area contributed by atoms with E-state index in [1.54, 1.807) is 0 Å². The van der Waals surface area contributed by atoms with Crippen molar-refractivity contribution in [2.24, 2.45) is 0 Å². The fourth-order valence-corrected chi connectivity index (χ4v) is 3.25. The van der Waals surface area contributed by atoms with Gasteiger partial charge in [-0.2, -0.15) is 0 Å². The second-order valence-corrected chi connectivity index (χ2v) is 6.88. The molecule has 1 rings (SSSR count). The van der Waals surface area contributed by atoms with Gasteiger partial charge in [0.2, 0.25) is 0 Å².